The molecule has 1 fully saturated rings. The molecule has 1 amide bonds. The van der Waals surface area contributed by atoms with E-state index in [1.807, 2.05) is 32.3 Å². The number of rotatable bonds is 5. The van der Waals surface area contributed by atoms with Crippen LogP contribution in [0.15, 0.2) is 36.7 Å². The molecule has 0 unspecified atom stereocenters. The van der Waals surface area contributed by atoms with Crippen molar-refractivity contribution < 1.29 is 4.79 Å². The number of carbonyl (C=O) groups excluding carboxylic acids is 1. The van der Waals surface area contributed by atoms with Crippen LogP contribution < -0.4 is 5.32 Å². The Morgan fingerprint density at radius 2 is 2.17 bits per heavy atom. The van der Waals surface area contributed by atoms with E-state index in [0.29, 0.717) is 12.5 Å². The van der Waals surface area contributed by atoms with E-state index < -0.39 is 0 Å². The second-order valence-corrected chi connectivity index (χ2v) is 6.56. The highest BCUT2D eigenvalue weighted by atomic mass is 16.2. The topological polar surface area (TPSA) is 50.2 Å². The average Bonchev–Trinajstić information content (AvgIpc) is 3.05. The Morgan fingerprint density at radius 3 is 2.79 bits per heavy atom. The Balaban J connectivity index is 1.58. The first kappa shape index (κ1) is 16.7. The molecule has 128 valence electrons. The number of aromatic nitrogens is 2. The van der Waals surface area contributed by atoms with Crippen molar-refractivity contribution in [1.82, 2.24) is 19.8 Å². The van der Waals surface area contributed by atoms with Crippen LogP contribution in [0.2, 0.25) is 0 Å². The maximum absolute atomic E-state index is 12.6. The molecule has 0 saturated carbocycles. The molecule has 0 spiro atoms. The number of carbonyl (C=O) groups is 1. The van der Waals surface area contributed by atoms with Gasteiger partial charge in [0.15, 0.2) is 0 Å². The lowest BCUT2D eigenvalue weighted by atomic mass is 9.91. The molecular weight excluding hydrogens is 300 g/mol. The van der Waals surface area contributed by atoms with Crippen LogP contribution in [0.25, 0.3) is 0 Å². The molecule has 2 heterocycles. The third-order valence-electron chi connectivity index (χ3n) is 4.87. The van der Waals surface area contributed by atoms with E-state index in [2.05, 4.69) is 27.0 Å². The highest BCUT2D eigenvalue weighted by Crippen LogP contribution is 2.23. The first-order valence-electron chi connectivity index (χ1n) is 8.69. The molecule has 1 atom stereocenters. The lowest BCUT2D eigenvalue weighted by Gasteiger charge is -2.23. The van der Waals surface area contributed by atoms with E-state index in [-0.39, 0.29) is 5.91 Å². The number of nitrogens with one attached hydrogen (secondary N) is 1. The number of likely N-dealkylation sites (N-methyl/N-ethyl adjacent to an activating group) is 1. The fourth-order valence-corrected chi connectivity index (χ4v) is 3.25. The predicted octanol–water partition coefficient (Wildman–Crippen LogP) is 2.43. The van der Waals surface area contributed by atoms with Gasteiger partial charge in [0.25, 0.3) is 5.91 Å². The minimum atomic E-state index is 0.0705. The van der Waals surface area contributed by atoms with Gasteiger partial charge in [0, 0.05) is 44.6 Å². The highest BCUT2D eigenvalue weighted by Gasteiger charge is 2.16. The van der Waals surface area contributed by atoms with E-state index in [1.54, 1.807) is 11.1 Å². The van der Waals surface area contributed by atoms with Crippen LogP contribution in [0, 0.1) is 6.92 Å². The number of hydrogen-bond donors (Lipinski definition) is 1. The summed E-state index contributed by atoms with van der Waals surface area (Å²) in [6, 6.07) is 8.15. The van der Waals surface area contributed by atoms with E-state index in [9.17, 15) is 4.79 Å². The third kappa shape index (κ3) is 3.85. The largest absolute Gasteiger partial charge is 0.340 e. The standard InChI is InChI=1S/C19H26N4O/c1-15-21-10-11-23(15)13-12-22(2)19(24)17-7-5-16(6-8-17)18-4-3-9-20-14-18/h5-8,10-11,18,20H,3-4,9,12-14H2,1-2H3/t18-/m1/s1. The summed E-state index contributed by atoms with van der Waals surface area (Å²) in [5, 5.41) is 3.44. The lowest BCUT2D eigenvalue weighted by molar-refractivity contribution is 0.0790. The third-order valence-corrected chi connectivity index (χ3v) is 4.87. The fraction of sp³-hybridized carbons (Fsp3) is 0.474. The molecule has 0 aliphatic carbocycles. The number of hydrogen-bond acceptors (Lipinski definition) is 3. The molecule has 1 saturated heterocycles. The molecule has 1 N–H and O–H groups in total. The molecule has 3 rings (SSSR count). The summed E-state index contributed by atoms with van der Waals surface area (Å²) in [4.78, 5) is 18.5. The number of benzene rings is 1. The minimum absolute atomic E-state index is 0.0705. The molecular formula is C19H26N4O. The number of piperidine rings is 1. The van der Waals surface area contributed by atoms with Gasteiger partial charge in [-0.2, -0.15) is 0 Å². The van der Waals surface area contributed by atoms with Crippen LogP contribution >= 0.6 is 0 Å². The van der Waals surface area contributed by atoms with Crippen molar-refractivity contribution in [2.45, 2.75) is 32.2 Å². The van der Waals surface area contributed by atoms with Gasteiger partial charge in [-0.05, 0) is 49.9 Å². The van der Waals surface area contributed by atoms with Crippen molar-refractivity contribution >= 4 is 5.91 Å². The molecule has 0 radical (unpaired) electrons. The Labute approximate surface area is 143 Å². The minimum Gasteiger partial charge on any atom is -0.340 e. The second kappa shape index (κ2) is 7.62. The van der Waals surface area contributed by atoms with E-state index >= 15 is 0 Å². The van der Waals surface area contributed by atoms with Crippen LogP contribution in [0.4, 0.5) is 0 Å². The van der Waals surface area contributed by atoms with Crippen molar-refractivity contribution in [1.29, 1.82) is 0 Å². The molecule has 5 nitrogen and oxygen atoms in total. The molecule has 2 aromatic rings. The molecule has 5 heteroatoms. The maximum Gasteiger partial charge on any atom is 0.253 e. The summed E-state index contributed by atoms with van der Waals surface area (Å²) in [5.41, 5.74) is 2.09. The van der Waals surface area contributed by atoms with Crippen molar-refractivity contribution in [3.05, 3.63) is 53.6 Å². The Hall–Kier alpha value is -2.14. The zero-order valence-electron chi connectivity index (χ0n) is 14.5. The van der Waals surface area contributed by atoms with Gasteiger partial charge in [-0.25, -0.2) is 4.98 Å². The number of nitrogens with zero attached hydrogens (tertiary/aromatic N) is 3. The van der Waals surface area contributed by atoms with Gasteiger partial charge in [-0.15, -0.1) is 0 Å². The van der Waals surface area contributed by atoms with Gasteiger partial charge < -0.3 is 14.8 Å². The van der Waals surface area contributed by atoms with Gasteiger partial charge in [-0.3, -0.25) is 4.79 Å². The summed E-state index contributed by atoms with van der Waals surface area (Å²) in [5.74, 6) is 1.62. The quantitative estimate of drug-likeness (QED) is 0.918. The summed E-state index contributed by atoms with van der Waals surface area (Å²) in [7, 11) is 1.85. The predicted molar refractivity (Wildman–Crippen MR) is 95.2 cm³/mol. The van der Waals surface area contributed by atoms with Crippen molar-refractivity contribution in [2.24, 2.45) is 0 Å². The molecule has 1 aliphatic rings. The van der Waals surface area contributed by atoms with Crippen molar-refractivity contribution in [3.63, 3.8) is 0 Å². The summed E-state index contributed by atoms with van der Waals surface area (Å²) in [6.07, 6.45) is 6.18. The molecule has 1 aliphatic heterocycles. The van der Waals surface area contributed by atoms with Crippen molar-refractivity contribution in [3.8, 4) is 0 Å². The molecule has 24 heavy (non-hydrogen) atoms. The van der Waals surface area contributed by atoms with Gasteiger partial charge in [0.2, 0.25) is 0 Å². The zero-order valence-corrected chi connectivity index (χ0v) is 14.5. The maximum atomic E-state index is 12.6. The van der Waals surface area contributed by atoms with Crippen LogP contribution in [0.5, 0.6) is 0 Å². The van der Waals surface area contributed by atoms with E-state index in [1.165, 1.54) is 18.4 Å². The lowest BCUT2D eigenvalue weighted by Crippen LogP contribution is -2.30. The van der Waals surface area contributed by atoms with Gasteiger partial charge in [0.1, 0.15) is 5.82 Å². The van der Waals surface area contributed by atoms with Crippen LogP contribution in [-0.2, 0) is 6.54 Å². The van der Waals surface area contributed by atoms with E-state index in [0.717, 1.165) is 31.0 Å². The Bertz CT molecular complexity index is 671. The molecule has 1 aromatic carbocycles. The highest BCUT2D eigenvalue weighted by molar-refractivity contribution is 5.94. The SMILES string of the molecule is Cc1nccn1CCN(C)C(=O)c1ccc([C@@H]2CCCNC2)cc1. The summed E-state index contributed by atoms with van der Waals surface area (Å²) in [6.45, 7) is 5.57. The van der Waals surface area contributed by atoms with Crippen LogP contribution in [0.1, 0.15) is 40.5 Å². The number of amides is 1. The summed E-state index contributed by atoms with van der Waals surface area (Å²) >= 11 is 0. The van der Waals surface area contributed by atoms with Gasteiger partial charge in [0.05, 0.1) is 0 Å². The molecule has 0 bridgehead atoms. The number of imidazole rings is 1. The first-order chi connectivity index (χ1) is 11.6. The monoisotopic (exact) mass is 326 g/mol. The zero-order chi connectivity index (χ0) is 16.9. The summed E-state index contributed by atoms with van der Waals surface area (Å²) < 4.78 is 2.06. The Kier molecular flexibility index (Phi) is 5.30. The van der Waals surface area contributed by atoms with E-state index in [4.69, 9.17) is 0 Å². The second-order valence-electron chi connectivity index (χ2n) is 6.56. The van der Waals surface area contributed by atoms with Gasteiger partial charge in [-0.1, -0.05) is 12.1 Å². The molecule has 1 aromatic heterocycles. The van der Waals surface area contributed by atoms with Crippen LogP contribution in [0.3, 0.4) is 0 Å². The fourth-order valence-electron chi connectivity index (χ4n) is 3.25. The first-order valence-corrected chi connectivity index (χ1v) is 8.69. The average molecular weight is 326 g/mol. The Morgan fingerprint density at radius 1 is 1.38 bits per heavy atom. The van der Waals surface area contributed by atoms with Crippen LogP contribution in [-0.4, -0.2) is 47.0 Å². The van der Waals surface area contributed by atoms with Gasteiger partial charge >= 0.3 is 0 Å². The van der Waals surface area contributed by atoms with Crippen molar-refractivity contribution in [2.75, 3.05) is 26.7 Å². The normalized spacial score (nSPS) is 17.7. The number of aryl methyl sites for hydroxylation is 1. The smallest absolute Gasteiger partial charge is 0.253 e.